The van der Waals surface area contributed by atoms with Crippen molar-refractivity contribution >= 4 is 0 Å². The van der Waals surface area contributed by atoms with Crippen LogP contribution in [0.4, 0.5) is 0 Å². The summed E-state index contributed by atoms with van der Waals surface area (Å²) in [6, 6.07) is 2.52. The second-order valence-corrected chi connectivity index (χ2v) is 8.00. The second-order valence-electron chi connectivity index (χ2n) is 8.00. The van der Waals surface area contributed by atoms with Crippen molar-refractivity contribution in [2.75, 3.05) is 13.1 Å². The number of nitrogens with zero attached hydrogens (tertiary/aromatic N) is 1. The Balaban J connectivity index is 1.49. The molecule has 0 radical (unpaired) electrons. The molecule has 6 atom stereocenters. The van der Waals surface area contributed by atoms with Crippen molar-refractivity contribution in [2.45, 2.75) is 64.6 Å². The van der Waals surface area contributed by atoms with Gasteiger partial charge in [0.05, 0.1) is 0 Å². The molecule has 2 heteroatoms. The zero-order valence-corrected chi connectivity index (χ0v) is 12.8. The van der Waals surface area contributed by atoms with Crippen LogP contribution >= 0.6 is 0 Å². The highest BCUT2D eigenvalue weighted by Gasteiger charge is 2.67. The number of rotatable bonds is 3. The Kier molecular flexibility index (Phi) is 2.97. The molecule has 6 unspecified atom stereocenters. The van der Waals surface area contributed by atoms with Gasteiger partial charge in [0, 0.05) is 31.2 Å². The maximum absolute atomic E-state index is 3.79. The third kappa shape index (κ3) is 1.82. The van der Waals surface area contributed by atoms with E-state index in [1.54, 1.807) is 19.3 Å². The largest absolute Gasteiger partial charge is 0.311 e. The maximum Gasteiger partial charge on any atom is 0.0221 e. The highest BCUT2D eigenvalue weighted by atomic mass is 15.3. The molecule has 4 rings (SSSR count). The Bertz CT molecular complexity index is 337. The summed E-state index contributed by atoms with van der Waals surface area (Å²) in [6.07, 6.45) is 6.02. The van der Waals surface area contributed by atoms with Crippen LogP contribution in [0.15, 0.2) is 0 Å². The Hall–Kier alpha value is -0.0800. The van der Waals surface area contributed by atoms with Crippen molar-refractivity contribution in [1.29, 1.82) is 0 Å². The lowest BCUT2D eigenvalue weighted by Gasteiger charge is -2.43. The van der Waals surface area contributed by atoms with Gasteiger partial charge in [-0.1, -0.05) is 20.8 Å². The van der Waals surface area contributed by atoms with E-state index in [-0.39, 0.29) is 0 Å². The zero-order chi connectivity index (χ0) is 13.1. The zero-order valence-electron chi connectivity index (χ0n) is 12.8. The van der Waals surface area contributed by atoms with E-state index in [1.165, 1.54) is 19.5 Å². The van der Waals surface area contributed by atoms with Gasteiger partial charge in [0.1, 0.15) is 0 Å². The first-order valence-corrected chi connectivity index (χ1v) is 8.69. The number of fused-ring (bicyclic) bond motifs is 5. The van der Waals surface area contributed by atoms with Crippen molar-refractivity contribution in [3.63, 3.8) is 0 Å². The number of piperazine rings is 1. The first kappa shape index (κ1) is 12.6. The SMILES string of the molecule is CCC1CNC(C(C)C)CN1C1C2C3CCC(C3)C21. The molecule has 108 valence electrons. The van der Waals surface area contributed by atoms with Gasteiger partial charge >= 0.3 is 0 Å². The summed E-state index contributed by atoms with van der Waals surface area (Å²) in [6.45, 7) is 9.67. The third-order valence-electron chi connectivity index (χ3n) is 6.85. The van der Waals surface area contributed by atoms with E-state index in [1.807, 2.05) is 0 Å². The quantitative estimate of drug-likeness (QED) is 0.841. The van der Waals surface area contributed by atoms with Crippen LogP contribution in [0, 0.1) is 29.6 Å². The van der Waals surface area contributed by atoms with Crippen molar-refractivity contribution in [2.24, 2.45) is 29.6 Å². The van der Waals surface area contributed by atoms with Gasteiger partial charge in [0.2, 0.25) is 0 Å². The van der Waals surface area contributed by atoms with Gasteiger partial charge in [-0.2, -0.15) is 0 Å². The van der Waals surface area contributed by atoms with Crippen LogP contribution in [0.1, 0.15) is 46.5 Å². The molecule has 4 fully saturated rings. The minimum absolute atomic E-state index is 0.724. The van der Waals surface area contributed by atoms with Gasteiger partial charge in [-0.25, -0.2) is 0 Å². The van der Waals surface area contributed by atoms with Gasteiger partial charge in [-0.3, -0.25) is 4.90 Å². The normalized spacial score (nSPS) is 52.7. The van der Waals surface area contributed by atoms with E-state index in [0.29, 0.717) is 0 Å². The average molecular weight is 262 g/mol. The summed E-state index contributed by atoms with van der Waals surface area (Å²) in [5.41, 5.74) is 0. The molecule has 1 heterocycles. The maximum atomic E-state index is 3.79. The van der Waals surface area contributed by atoms with E-state index in [4.69, 9.17) is 0 Å². The van der Waals surface area contributed by atoms with Gasteiger partial charge in [-0.15, -0.1) is 0 Å². The Labute approximate surface area is 118 Å². The van der Waals surface area contributed by atoms with Crippen LogP contribution in [0.3, 0.4) is 0 Å². The van der Waals surface area contributed by atoms with Crippen molar-refractivity contribution < 1.29 is 0 Å². The molecule has 1 aliphatic heterocycles. The van der Waals surface area contributed by atoms with Gasteiger partial charge < -0.3 is 5.32 Å². The predicted octanol–water partition coefficient (Wildman–Crippen LogP) is 2.74. The molecule has 19 heavy (non-hydrogen) atoms. The van der Waals surface area contributed by atoms with Gasteiger partial charge in [0.15, 0.2) is 0 Å². The summed E-state index contributed by atoms with van der Waals surface area (Å²) in [5, 5.41) is 3.79. The van der Waals surface area contributed by atoms with Crippen LogP contribution in [0.5, 0.6) is 0 Å². The molecule has 0 spiro atoms. The molecule has 0 amide bonds. The average Bonchev–Trinajstić information content (AvgIpc) is 2.84. The fourth-order valence-corrected chi connectivity index (χ4v) is 5.76. The highest BCUT2D eigenvalue weighted by Crippen LogP contribution is 2.67. The molecule has 2 bridgehead atoms. The van der Waals surface area contributed by atoms with E-state index in [9.17, 15) is 0 Å². The molecule has 1 N–H and O–H groups in total. The fourth-order valence-electron chi connectivity index (χ4n) is 5.76. The molecule has 0 aromatic heterocycles. The summed E-state index contributed by atoms with van der Waals surface area (Å²) in [7, 11) is 0. The molecule has 1 saturated heterocycles. The van der Waals surface area contributed by atoms with Crippen LogP contribution in [-0.4, -0.2) is 36.1 Å². The molecule has 0 aromatic carbocycles. The highest BCUT2D eigenvalue weighted by molar-refractivity contribution is 5.18. The minimum atomic E-state index is 0.724. The second kappa shape index (κ2) is 4.46. The lowest BCUT2D eigenvalue weighted by molar-refractivity contribution is 0.0847. The van der Waals surface area contributed by atoms with Crippen LogP contribution in [0.25, 0.3) is 0 Å². The monoisotopic (exact) mass is 262 g/mol. The molecule has 2 nitrogen and oxygen atoms in total. The molecular formula is C17H30N2. The van der Waals surface area contributed by atoms with Gasteiger partial charge in [-0.05, 0) is 55.3 Å². The minimum Gasteiger partial charge on any atom is -0.311 e. The molecule has 3 aliphatic carbocycles. The Morgan fingerprint density at radius 3 is 2.42 bits per heavy atom. The first-order valence-electron chi connectivity index (χ1n) is 8.69. The summed E-state index contributed by atoms with van der Waals surface area (Å²) >= 11 is 0. The molecule has 0 aromatic rings. The van der Waals surface area contributed by atoms with E-state index in [2.05, 4.69) is 31.0 Å². The molecule has 3 saturated carbocycles. The number of hydrogen-bond acceptors (Lipinski definition) is 2. The fraction of sp³-hybridized carbons (Fsp3) is 1.00. The Morgan fingerprint density at radius 2 is 1.84 bits per heavy atom. The Morgan fingerprint density at radius 1 is 1.16 bits per heavy atom. The van der Waals surface area contributed by atoms with Gasteiger partial charge in [0.25, 0.3) is 0 Å². The molecular weight excluding hydrogens is 232 g/mol. The van der Waals surface area contributed by atoms with Crippen molar-refractivity contribution in [3.8, 4) is 0 Å². The topological polar surface area (TPSA) is 15.3 Å². The van der Waals surface area contributed by atoms with Crippen LogP contribution in [-0.2, 0) is 0 Å². The number of nitrogens with one attached hydrogen (secondary N) is 1. The van der Waals surface area contributed by atoms with E-state index < -0.39 is 0 Å². The summed E-state index contributed by atoms with van der Waals surface area (Å²) in [5.74, 6) is 5.22. The lowest BCUT2D eigenvalue weighted by Crippen LogP contribution is -2.59. The predicted molar refractivity (Wildman–Crippen MR) is 79.0 cm³/mol. The van der Waals surface area contributed by atoms with E-state index in [0.717, 1.165) is 47.7 Å². The third-order valence-corrected chi connectivity index (χ3v) is 6.85. The smallest absolute Gasteiger partial charge is 0.0221 e. The van der Waals surface area contributed by atoms with E-state index >= 15 is 0 Å². The lowest BCUT2D eigenvalue weighted by atomic mass is 9.96. The van der Waals surface area contributed by atoms with Crippen LogP contribution in [0.2, 0.25) is 0 Å². The summed E-state index contributed by atoms with van der Waals surface area (Å²) in [4.78, 5) is 2.95. The first-order chi connectivity index (χ1) is 9.20. The standard InChI is InChI=1S/C17H30N2/c1-4-13-8-18-14(10(2)3)9-19(13)17-15-11-5-6-12(7-11)16(15)17/h10-18H,4-9H2,1-3H3. The molecule has 4 aliphatic rings. The van der Waals surface area contributed by atoms with Crippen molar-refractivity contribution in [1.82, 2.24) is 10.2 Å². The number of hydrogen-bond donors (Lipinski definition) is 1. The summed E-state index contributed by atoms with van der Waals surface area (Å²) < 4.78 is 0. The van der Waals surface area contributed by atoms with Crippen LogP contribution < -0.4 is 5.32 Å². The van der Waals surface area contributed by atoms with Crippen molar-refractivity contribution in [3.05, 3.63) is 0 Å².